The fraction of sp³-hybridized carbons (Fsp3) is 0.571. The van der Waals surface area contributed by atoms with Gasteiger partial charge in [-0.25, -0.2) is 0 Å². The number of anilines is 2. The molecule has 1 aliphatic rings. The average Bonchev–Trinajstić information content (AvgIpc) is 2.72. The number of rotatable bonds is 6. The van der Waals surface area contributed by atoms with Gasteiger partial charge in [-0.15, -0.1) is 0 Å². The summed E-state index contributed by atoms with van der Waals surface area (Å²) in [6, 6.07) is 6.23. The van der Waals surface area contributed by atoms with Crippen LogP contribution in [0, 0.1) is 0 Å². The van der Waals surface area contributed by atoms with Gasteiger partial charge in [-0.05, 0) is 37.0 Å². The minimum absolute atomic E-state index is 0.323. The maximum absolute atomic E-state index is 8.71. The lowest BCUT2D eigenvalue weighted by Gasteiger charge is -2.19. The summed E-state index contributed by atoms with van der Waals surface area (Å²) in [6.07, 6.45) is 5.62. The minimum atomic E-state index is 0.323. The zero-order valence-electron chi connectivity index (χ0n) is 10.4. The van der Waals surface area contributed by atoms with E-state index in [9.17, 15) is 0 Å². The van der Waals surface area contributed by atoms with Crippen molar-refractivity contribution in [3.05, 3.63) is 23.8 Å². The van der Waals surface area contributed by atoms with Gasteiger partial charge >= 0.3 is 0 Å². The Labute approximate surface area is 103 Å². The summed E-state index contributed by atoms with van der Waals surface area (Å²) in [7, 11) is 0. The first-order valence-corrected chi connectivity index (χ1v) is 6.55. The molecule has 1 aromatic carbocycles. The fourth-order valence-corrected chi connectivity index (χ4v) is 2.46. The summed E-state index contributed by atoms with van der Waals surface area (Å²) in [6.45, 7) is 2.56. The molecular weight excluding hydrogens is 212 g/mol. The highest BCUT2D eigenvalue weighted by Gasteiger charge is 2.18. The monoisotopic (exact) mass is 234 g/mol. The molecule has 3 heteroatoms. The van der Waals surface area contributed by atoms with Crippen LogP contribution < -0.4 is 10.6 Å². The number of fused-ring (bicyclic) bond motifs is 1. The highest BCUT2D eigenvalue weighted by Crippen LogP contribution is 2.29. The zero-order valence-corrected chi connectivity index (χ0v) is 10.4. The first kappa shape index (κ1) is 12.2. The maximum Gasteiger partial charge on any atom is 0.0431 e. The lowest BCUT2D eigenvalue weighted by atomic mass is 10.1. The number of nitrogen functional groups attached to an aromatic ring is 1. The Hall–Kier alpha value is -1.22. The van der Waals surface area contributed by atoms with Crippen molar-refractivity contribution < 1.29 is 5.11 Å². The van der Waals surface area contributed by atoms with Gasteiger partial charge < -0.3 is 15.7 Å². The minimum Gasteiger partial charge on any atom is -0.399 e. The maximum atomic E-state index is 8.71. The summed E-state index contributed by atoms with van der Waals surface area (Å²) < 4.78 is 0. The quantitative estimate of drug-likeness (QED) is 0.586. The number of aliphatic hydroxyl groups is 1. The molecule has 0 bridgehead atoms. The smallest absolute Gasteiger partial charge is 0.0431 e. The molecule has 0 amide bonds. The second-order valence-corrected chi connectivity index (χ2v) is 4.76. The number of unbranched alkanes of at least 4 members (excludes halogenated alkanes) is 3. The number of hydrogen-bond acceptors (Lipinski definition) is 3. The van der Waals surface area contributed by atoms with Crippen LogP contribution in [0.3, 0.4) is 0 Å². The molecule has 0 unspecified atom stereocenters. The van der Waals surface area contributed by atoms with E-state index in [1.165, 1.54) is 24.1 Å². The Balaban J connectivity index is 1.82. The third kappa shape index (κ3) is 3.13. The molecule has 1 aliphatic heterocycles. The van der Waals surface area contributed by atoms with E-state index < -0.39 is 0 Å². The van der Waals surface area contributed by atoms with Gasteiger partial charge in [0, 0.05) is 31.1 Å². The van der Waals surface area contributed by atoms with Gasteiger partial charge in [0.1, 0.15) is 0 Å². The predicted molar refractivity (Wildman–Crippen MR) is 72.3 cm³/mol. The summed E-state index contributed by atoms with van der Waals surface area (Å²) in [5.41, 5.74) is 9.44. The summed E-state index contributed by atoms with van der Waals surface area (Å²) in [5, 5.41) is 8.71. The van der Waals surface area contributed by atoms with E-state index in [0.717, 1.165) is 38.0 Å². The fourth-order valence-electron chi connectivity index (χ4n) is 2.46. The van der Waals surface area contributed by atoms with Gasteiger partial charge in [0.05, 0.1) is 0 Å². The lowest BCUT2D eigenvalue weighted by Crippen LogP contribution is -2.21. The predicted octanol–water partition coefficient (Wildman–Crippen LogP) is 2.18. The number of nitrogens with zero attached hydrogens (tertiary/aromatic N) is 1. The molecule has 0 aromatic heterocycles. The third-order valence-electron chi connectivity index (χ3n) is 3.44. The van der Waals surface area contributed by atoms with Crippen LogP contribution in [0.1, 0.15) is 31.2 Å². The van der Waals surface area contributed by atoms with Crippen LogP contribution in [0.4, 0.5) is 11.4 Å². The third-order valence-corrected chi connectivity index (χ3v) is 3.44. The van der Waals surface area contributed by atoms with Crippen molar-refractivity contribution in [2.75, 3.05) is 30.3 Å². The Morgan fingerprint density at radius 2 is 2.00 bits per heavy atom. The van der Waals surface area contributed by atoms with Gasteiger partial charge in [0.15, 0.2) is 0 Å². The first-order chi connectivity index (χ1) is 8.31. The van der Waals surface area contributed by atoms with E-state index in [2.05, 4.69) is 17.0 Å². The first-order valence-electron chi connectivity index (χ1n) is 6.55. The van der Waals surface area contributed by atoms with Crippen molar-refractivity contribution >= 4 is 11.4 Å². The molecule has 17 heavy (non-hydrogen) atoms. The normalized spacial score (nSPS) is 14.1. The standard InChI is InChI=1S/C14H22N2O/c15-13-6-5-12-7-9-16(14(12)11-13)8-3-1-2-4-10-17/h5-6,11,17H,1-4,7-10,15H2. The van der Waals surface area contributed by atoms with E-state index in [1.807, 2.05) is 6.07 Å². The van der Waals surface area contributed by atoms with Crippen LogP contribution >= 0.6 is 0 Å². The Kier molecular flexibility index (Phi) is 4.26. The Morgan fingerprint density at radius 1 is 1.18 bits per heavy atom. The average molecular weight is 234 g/mol. The molecule has 0 spiro atoms. The van der Waals surface area contributed by atoms with Gasteiger partial charge in [0.25, 0.3) is 0 Å². The number of aliphatic hydroxyl groups excluding tert-OH is 1. The molecule has 0 saturated heterocycles. The molecule has 3 N–H and O–H groups in total. The molecule has 3 nitrogen and oxygen atoms in total. The summed E-state index contributed by atoms with van der Waals surface area (Å²) in [4.78, 5) is 2.44. The van der Waals surface area contributed by atoms with E-state index >= 15 is 0 Å². The Bertz CT molecular complexity index is 365. The van der Waals surface area contributed by atoms with Gasteiger partial charge in [0.2, 0.25) is 0 Å². The SMILES string of the molecule is Nc1ccc2c(c1)N(CCCCCCO)CC2. The molecule has 94 valence electrons. The van der Waals surface area contributed by atoms with E-state index in [4.69, 9.17) is 10.8 Å². The van der Waals surface area contributed by atoms with Gasteiger partial charge in [-0.2, -0.15) is 0 Å². The molecule has 0 aliphatic carbocycles. The van der Waals surface area contributed by atoms with Crippen molar-refractivity contribution in [2.24, 2.45) is 0 Å². The number of nitrogens with two attached hydrogens (primary N) is 1. The van der Waals surface area contributed by atoms with E-state index in [-0.39, 0.29) is 0 Å². The van der Waals surface area contributed by atoms with Crippen LogP contribution in [0.5, 0.6) is 0 Å². The van der Waals surface area contributed by atoms with E-state index in [1.54, 1.807) is 0 Å². The van der Waals surface area contributed by atoms with Crippen molar-refractivity contribution in [3.63, 3.8) is 0 Å². The van der Waals surface area contributed by atoms with Gasteiger partial charge in [-0.3, -0.25) is 0 Å². The second kappa shape index (κ2) is 5.92. The largest absolute Gasteiger partial charge is 0.399 e. The molecule has 0 radical (unpaired) electrons. The van der Waals surface area contributed by atoms with Crippen LogP contribution in [0.2, 0.25) is 0 Å². The highest BCUT2D eigenvalue weighted by molar-refractivity contribution is 5.64. The molecule has 1 aromatic rings. The number of benzene rings is 1. The summed E-state index contributed by atoms with van der Waals surface area (Å²) in [5.74, 6) is 0. The molecule has 1 heterocycles. The van der Waals surface area contributed by atoms with Crippen LogP contribution in [-0.2, 0) is 6.42 Å². The molecular formula is C14H22N2O. The highest BCUT2D eigenvalue weighted by atomic mass is 16.2. The second-order valence-electron chi connectivity index (χ2n) is 4.76. The molecule has 0 fully saturated rings. The van der Waals surface area contributed by atoms with Gasteiger partial charge in [-0.1, -0.05) is 18.9 Å². The molecule has 0 atom stereocenters. The lowest BCUT2D eigenvalue weighted by molar-refractivity contribution is 0.282. The van der Waals surface area contributed by atoms with Crippen molar-refractivity contribution in [1.82, 2.24) is 0 Å². The van der Waals surface area contributed by atoms with Crippen molar-refractivity contribution in [1.29, 1.82) is 0 Å². The van der Waals surface area contributed by atoms with Crippen LogP contribution in [-0.4, -0.2) is 24.8 Å². The molecule has 2 rings (SSSR count). The number of hydrogen-bond donors (Lipinski definition) is 2. The molecule has 0 saturated carbocycles. The van der Waals surface area contributed by atoms with Crippen molar-refractivity contribution in [3.8, 4) is 0 Å². The van der Waals surface area contributed by atoms with Crippen LogP contribution in [0.25, 0.3) is 0 Å². The van der Waals surface area contributed by atoms with Crippen molar-refractivity contribution in [2.45, 2.75) is 32.1 Å². The Morgan fingerprint density at radius 3 is 2.82 bits per heavy atom. The summed E-state index contributed by atoms with van der Waals surface area (Å²) >= 11 is 0. The van der Waals surface area contributed by atoms with Crippen LogP contribution in [0.15, 0.2) is 18.2 Å². The topological polar surface area (TPSA) is 49.5 Å². The zero-order chi connectivity index (χ0) is 12.1. The van der Waals surface area contributed by atoms with E-state index in [0.29, 0.717) is 6.61 Å².